The molecule has 1 aliphatic rings. The van der Waals surface area contributed by atoms with Crippen LogP contribution in [0.5, 0.6) is 5.75 Å². The van der Waals surface area contributed by atoms with Gasteiger partial charge < -0.3 is 14.5 Å². The van der Waals surface area contributed by atoms with Crippen LogP contribution in [-0.4, -0.2) is 54.4 Å². The molecule has 0 aromatic heterocycles. The van der Waals surface area contributed by atoms with Gasteiger partial charge in [0.25, 0.3) is 5.91 Å². The third-order valence-corrected chi connectivity index (χ3v) is 4.59. The van der Waals surface area contributed by atoms with Crippen molar-refractivity contribution in [3.05, 3.63) is 71.3 Å². The van der Waals surface area contributed by atoms with Crippen molar-refractivity contribution in [1.82, 2.24) is 9.80 Å². The lowest BCUT2D eigenvalue weighted by molar-refractivity contribution is -0.138. The third-order valence-electron chi connectivity index (χ3n) is 4.34. The zero-order valence-corrected chi connectivity index (χ0v) is 15.6. The van der Waals surface area contributed by atoms with E-state index in [0.29, 0.717) is 37.0 Å². The van der Waals surface area contributed by atoms with Gasteiger partial charge in [-0.3, -0.25) is 9.59 Å². The lowest BCUT2D eigenvalue weighted by Crippen LogP contribution is -2.51. The Morgan fingerprint density at radius 2 is 1.56 bits per heavy atom. The van der Waals surface area contributed by atoms with Gasteiger partial charge in [-0.15, -0.1) is 0 Å². The first-order valence-corrected chi connectivity index (χ1v) is 9.18. The summed E-state index contributed by atoms with van der Waals surface area (Å²) in [6.07, 6.45) is 3.39. The first-order chi connectivity index (χ1) is 13.1. The van der Waals surface area contributed by atoms with Crippen LogP contribution in [0.15, 0.2) is 60.7 Å². The Kier molecular flexibility index (Phi) is 6.49. The van der Waals surface area contributed by atoms with E-state index < -0.39 is 0 Å². The number of ether oxygens (including phenoxy) is 1. The predicted molar refractivity (Wildman–Crippen MR) is 106 cm³/mol. The molecule has 1 heterocycles. The second-order valence-electron chi connectivity index (χ2n) is 6.19. The lowest BCUT2D eigenvalue weighted by Gasteiger charge is -2.34. The van der Waals surface area contributed by atoms with Crippen LogP contribution in [0.3, 0.4) is 0 Å². The zero-order chi connectivity index (χ0) is 19.1. The third kappa shape index (κ3) is 5.59. The Bertz CT molecular complexity index is 798. The van der Waals surface area contributed by atoms with Crippen LogP contribution in [0, 0.1) is 0 Å². The minimum atomic E-state index is -0.0862. The quantitative estimate of drug-likeness (QED) is 0.744. The Morgan fingerprint density at radius 3 is 2.22 bits per heavy atom. The SMILES string of the molecule is O=C(C=Cc1ccccc1)N1CCN(C(=O)COc2ccc(Cl)cc2)CC1. The van der Waals surface area contributed by atoms with Gasteiger partial charge in [0, 0.05) is 37.3 Å². The van der Waals surface area contributed by atoms with Gasteiger partial charge in [0.05, 0.1) is 0 Å². The van der Waals surface area contributed by atoms with Crippen molar-refractivity contribution in [3.63, 3.8) is 0 Å². The van der Waals surface area contributed by atoms with Crippen molar-refractivity contribution in [2.24, 2.45) is 0 Å². The van der Waals surface area contributed by atoms with E-state index >= 15 is 0 Å². The molecule has 3 rings (SSSR count). The standard InChI is InChI=1S/C21H21ClN2O3/c22-18-7-9-19(10-8-18)27-16-21(26)24-14-12-23(13-15-24)20(25)11-6-17-4-2-1-3-5-17/h1-11H,12-16H2. The fraction of sp³-hybridized carbons (Fsp3) is 0.238. The minimum Gasteiger partial charge on any atom is -0.484 e. The van der Waals surface area contributed by atoms with Crippen molar-refractivity contribution in [2.45, 2.75) is 0 Å². The number of hydrogen-bond acceptors (Lipinski definition) is 3. The summed E-state index contributed by atoms with van der Waals surface area (Å²) in [6.45, 7) is 2.03. The summed E-state index contributed by atoms with van der Waals surface area (Å²) in [6, 6.07) is 16.6. The smallest absolute Gasteiger partial charge is 0.260 e. The van der Waals surface area contributed by atoms with Crippen molar-refractivity contribution >= 4 is 29.5 Å². The number of benzene rings is 2. The molecule has 1 fully saturated rings. The predicted octanol–water partition coefficient (Wildman–Crippen LogP) is 3.10. The molecule has 0 unspecified atom stereocenters. The largest absolute Gasteiger partial charge is 0.484 e. The summed E-state index contributed by atoms with van der Waals surface area (Å²) >= 11 is 5.82. The van der Waals surface area contributed by atoms with Crippen LogP contribution >= 0.6 is 11.6 Å². The minimum absolute atomic E-state index is 0.0243. The Labute approximate surface area is 163 Å². The molecule has 2 amide bonds. The summed E-state index contributed by atoms with van der Waals surface area (Å²) in [4.78, 5) is 28.0. The number of piperazine rings is 1. The molecule has 2 aromatic carbocycles. The second-order valence-corrected chi connectivity index (χ2v) is 6.63. The van der Waals surface area contributed by atoms with E-state index in [0.717, 1.165) is 5.56 Å². The maximum absolute atomic E-state index is 12.3. The van der Waals surface area contributed by atoms with Crippen LogP contribution in [0.1, 0.15) is 5.56 Å². The molecule has 1 saturated heterocycles. The fourth-order valence-electron chi connectivity index (χ4n) is 2.78. The Balaban J connectivity index is 1.43. The molecular weight excluding hydrogens is 364 g/mol. The summed E-state index contributed by atoms with van der Waals surface area (Å²) in [5.41, 5.74) is 0.985. The van der Waals surface area contributed by atoms with E-state index in [1.54, 1.807) is 46.2 Å². The molecule has 0 aliphatic carbocycles. The van der Waals surface area contributed by atoms with E-state index in [-0.39, 0.29) is 18.4 Å². The number of rotatable bonds is 5. The number of nitrogens with zero attached hydrogens (tertiary/aromatic N) is 2. The first-order valence-electron chi connectivity index (χ1n) is 8.80. The molecule has 6 heteroatoms. The number of halogens is 1. The van der Waals surface area contributed by atoms with Gasteiger partial charge in [0.2, 0.25) is 5.91 Å². The normalized spacial score (nSPS) is 14.4. The molecule has 0 atom stereocenters. The highest BCUT2D eigenvalue weighted by atomic mass is 35.5. The average molecular weight is 385 g/mol. The Hall–Kier alpha value is -2.79. The van der Waals surface area contributed by atoms with E-state index in [1.807, 2.05) is 30.3 Å². The molecule has 27 heavy (non-hydrogen) atoms. The number of hydrogen-bond donors (Lipinski definition) is 0. The van der Waals surface area contributed by atoms with Gasteiger partial charge in [-0.05, 0) is 35.9 Å². The highest BCUT2D eigenvalue weighted by molar-refractivity contribution is 6.30. The molecule has 2 aromatic rings. The van der Waals surface area contributed by atoms with Crippen molar-refractivity contribution in [2.75, 3.05) is 32.8 Å². The van der Waals surface area contributed by atoms with Gasteiger partial charge in [0.1, 0.15) is 5.75 Å². The zero-order valence-electron chi connectivity index (χ0n) is 14.9. The average Bonchev–Trinajstić information content (AvgIpc) is 2.72. The molecular formula is C21H21ClN2O3. The highest BCUT2D eigenvalue weighted by Gasteiger charge is 2.23. The van der Waals surface area contributed by atoms with Crippen LogP contribution in [-0.2, 0) is 9.59 Å². The summed E-state index contributed by atoms with van der Waals surface area (Å²) < 4.78 is 5.50. The molecule has 0 saturated carbocycles. The maximum Gasteiger partial charge on any atom is 0.260 e. The van der Waals surface area contributed by atoms with Crippen molar-refractivity contribution < 1.29 is 14.3 Å². The summed E-state index contributed by atoms with van der Waals surface area (Å²) in [5.74, 6) is 0.479. The molecule has 140 valence electrons. The summed E-state index contributed by atoms with van der Waals surface area (Å²) in [5, 5.41) is 0.621. The number of carbonyl (C=O) groups is 2. The molecule has 0 N–H and O–H groups in total. The number of amides is 2. The first kappa shape index (κ1) is 19.0. The Morgan fingerprint density at radius 1 is 0.926 bits per heavy atom. The van der Waals surface area contributed by atoms with Gasteiger partial charge >= 0.3 is 0 Å². The van der Waals surface area contributed by atoms with Gasteiger partial charge in [0.15, 0.2) is 6.61 Å². The monoisotopic (exact) mass is 384 g/mol. The molecule has 5 nitrogen and oxygen atoms in total. The van der Waals surface area contributed by atoms with Gasteiger partial charge in [-0.25, -0.2) is 0 Å². The van der Waals surface area contributed by atoms with Gasteiger partial charge in [-0.2, -0.15) is 0 Å². The molecule has 0 bridgehead atoms. The fourth-order valence-corrected chi connectivity index (χ4v) is 2.91. The highest BCUT2D eigenvalue weighted by Crippen LogP contribution is 2.15. The van der Waals surface area contributed by atoms with Gasteiger partial charge in [-0.1, -0.05) is 41.9 Å². The molecule has 0 spiro atoms. The topological polar surface area (TPSA) is 49.9 Å². The maximum atomic E-state index is 12.3. The van der Waals surface area contributed by atoms with Crippen molar-refractivity contribution in [3.8, 4) is 5.75 Å². The lowest BCUT2D eigenvalue weighted by atomic mass is 10.2. The van der Waals surface area contributed by atoms with Crippen LogP contribution < -0.4 is 4.74 Å². The van der Waals surface area contributed by atoms with E-state index in [1.165, 1.54) is 0 Å². The van der Waals surface area contributed by atoms with Crippen LogP contribution in [0.2, 0.25) is 5.02 Å². The van der Waals surface area contributed by atoms with E-state index in [9.17, 15) is 9.59 Å². The molecule has 0 radical (unpaired) electrons. The van der Waals surface area contributed by atoms with Crippen LogP contribution in [0.4, 0.5) is 0 Å². The molecule has 1 aliphatic heterocycles. The second kappa shape index (κ2) is 9.24. The van der Waals surface area contributed by atoms with Crippen LogP contribution in [0.25, 0.3) is 6.08 Å². The van der Waals surface area contributed by atoms with E-state index in [2.05, 4.69) is 0 Å². The number of carbonyl (C=O) groups excluding carboxylic acids is 2. The van der Waals surface area contributed by atoms with Crippen molar-refractivity contribution in [1.29, 1.82) is 0 Å². The van der Waals surface area contributed by atoms with E-state index in [4.69, 9.17) is 16.3 Å². The summed E-state index contributed by atoms with van der Waals surface area (Å²) in [7, 11) is 0.